The van der Waals surface area contributed by atoms with E-state index in [9.17, 15) is 9.18 Å². The summed E-state index contributed by atoms with van der Waals surface area (Å²) in [5.41, 5.74) is 0.692. The molecule has 0 fully saturated rings. The van der Waals surface area contributed by atoms with Crippen LogP contribution in [-0.4, -0.2) is 5.91 Å². The van der Waals surface area contributed by atoms with E-state index in [2.05, 4.69) is 5.32 Å². The van der Waals surface area contributed by atoms with Gasteiger partial charge in [0, 0.05) is 11.6 Å². The zero-order valence-corrected chi connectivity index (χ0v) is 12.6. The SMILES string of the molecule is CC[n+]1ccc(NC(=O)c2ccccc2)c(F)c1.[I-]. The van der Waals surface area contributed by atoms with Gasteiger partial charge in [-0.3, -0.25) is 4.79 Å². The Morgan fingerprint density at radius 3 is 2.53 bits per heavy atom. The van der Waals surface area contributed by atoms with Gasteiger partial charge in [-0.1, -0.05) is 18.2 Å². The lowest BCUT2D eigenvalue weighted by Crippen LogP contribution is -3.00. The summed E-state index contributed by atoms with van der Waals surface area (Å²) >= 11 is 0. The van der Waals surface area contributed by atoms with Crippen LogP contribution < -0.4 is 33.9 Å². The summed E-state index contributed by atoms with van der Waals surface area (Å²) < 4.78 is 15.4. The standard InChI is InChI=1S/C14H13FN2O.HI/c1-2-17-9-8-13(12(15)10-17)16-14(18)11-6-4-3-5-7-11;/h3-10H,2H2,1H3;1H. The van der Waals surface area contributed by atoms with Crippen LogP contribution in [0.5, 0.6) is 0 Å². The van der Waals surface area contributed by atoms with Crippen molar-refractivity contribution in [3.63, 3.8) is 0 Å². The largest absolute Gasteiger partial charge is 1.00 e. The second kappa shape index (κ2) is 7.18. The normalized spacial score (nSPS) is 9.58. The first-order valence-corrected chi connectivity index (χ1v) is 5.75. The predicted molar refractivity (Wildman–Crippen MR) is 66.7 cm³/mol. The van der Waals surface area contributed by atoms with Crippen molar-refractivity contribution in [3.8, 4) is 0 Å². The van der Waals surface area contributed by atoms with Gasteiger partial charge in [-0.15, -0.1) is 0 Å². The third-order valence-electron chi connectivity index (χ3n) is 2.62. The van der Waals surface area contributed by atoms with Gasteiger partial charge < -0.3 is 29.3 Å². The highest BCUT2D eigenvalue weighted by Gasteiger charge is 2.11. The fraction of sp³-hybridized carbons (Fsp3) is 0.143. The highest BCUT2D eigenvalue weighted by Crippen LogP contribution is 2.12. The molecule has 1 aromatic carbocycles. The van der Waals surface area contributed by atoms with E-state index in [1.54, 1.807) is 41.1 Å². The molecule has 2 aromatic rings. The number of rotatable bonds is 3. The molecule has 0 aliphatic carbocycles. The van der Waals surface area contributed by atoms with Crippen LogP contribution in [0.3, 0.4) is 0 Å². The number of amides is 1. The molecule has 1 heterocycles. The molecule has 100 valence electrons. The van der Waals surface area contributed by atoms with Crippen molar-refractivity contribution in [1.29, 1.82) is 0 Å². The Labute approximate surface area is 128 Å². The molecular weight excluding hydrogens is 358 g/mol. The number of nitrogens with one attached hydrogen (secondary N) is 1. The van der Waals surface area contributed by atoms with Gasteiger partial charge in [0.1, 0.15) is 6.54 Å². The summed E-state index contributed by atoms with van der Waals surface area (Å²) in [6.07, 6.45) is 3.09. The van der Waals surface area contributed by atoms with Crippen molar-refractivity contribution in [2.24, 2.45) is 0 Å². The molecule has 0 bridgehead atoms. The van der Waals surface area contributed by atoms with Gasteiger partial charge in [-0.05, 0) is 19.1 Å². The van der Waals surface area contributed by atoms with Crippen LogP contribution in [0.4, 0.5) is 10.1 Å². The lowest BCUT2D eigenvalue weighted by Gasteiger charge is -2.05. The number of hydrogen-bond acceptors (Lipinski definition) is 1. The maximum atomic E-state index is 13.7. The van der Waals surface area contributed by atoms with Gasteiger partial charge >= 0.3 is 0 Å². The molecule has 0 unspecified atom stereocenters. The number of benzene rings is 1. The Kier molecular flexibility index (Phi) is 5.88. The van der Waals surface area contributed by atoms with Crippen molar-refractivity contribution in [2.75, 3.05) is 5.32 Å². The lowest BCUT2D eigenvalue weighted by molar-refractivity contribution is -0.694. The van der Waals surface area contributed by atoms with E-state index in [0.717, 1.165) is 0 Å². The number of anilines is 1. The van der Waals surface area contributed by atoms with E-state index in [1.165, 1.54) is 6.20 Å². The summed E-state index contributed by atoms with van der Waals surface area (Å²) in [6.45, 7) is 2.60. The average molecular weight is 372 g/mol. The highest BCUT2D eigenvalue weighted by molar-refractivity contribution is 6.04. The number of hydrogen-bond donors (Lipinski definition) is 1. The Morgan fingerprint density at radius 2 is 1.95 bits per heavy atom. The van der Waals surface area contributed by atoms with E-state index in [1.807, 2.05) is 13.0 Å². The summed E-state index contributed by atoms with van der Waals surface area (Å²) in [6, 6.07) is 10.3. The molecule has 1 N–H and O–H groups in total. The maximum absolute atomic E-state index is 13.7. The molecule has 5 heteroatoms. The molecule has 2 rings (SSSR count). The number of pyridine rings is 1. The lowest BCUT2D eigenvalue weighted by atomic mass is 10.2. The summed E-state index contributed by atoms with van der Waals surface area (Å²) in [4.78, 5) is 11.8. The van der Waals surface area contributed by atoms with E-state index < -0.39 is 5.82 Å². The van der Waals surface area contributed by atoms with Crippen molar-refractivity contribution >= 4 is 11.6 Å². The highest BCUT2D eigenvalue weighted by atomic mass is 127. The molecule has 3 nitrogen and oxygen atoms in total. The van der Waals surface area contributed by atoms with Gasteiger partial charge in [0.05, 0.1) is 5.69 Å². The van der Waals surface area contributed by atoms with Gasteiger partial charge in [-0.25, -0.2) is 4.57 Å². The van der Waals surface area contributed by atoms with Gasteiger partial charge in [-0.2, -0.15) is 4.39 Å². The van der Waals surface area contributed by atoms with E-state index in [4.69, 9.17) is 0 Å². The first kappa shape index (κ1) is 15.6. The van der Waals surface area contributed by atoms with E-state index in [-0.39, 0.29) is 35.6 Å². The Morgan fingerprint density at radius 1 is 1.26 bits per heavy atom. The molecule has 0 spiro atoms. The second-order valence-corrected chi connectivity index (χ2v) is 3.86. The average Bonchev–Trinajstić information content (AvgIpc) is 2.42. The zero-order valence-electron chi connectivity index (χ0n) is 10.4. The second-order valence-electron chi connectivity index (χ2n) is 3.86. The summed E-state index contributed by atoms with van der Waals surface area (Å²) in [5.74, 6) is -0.757. The molecule has 0 radical (unpaired) electrons. The minimum atomic E-state index is -0.441. The number of halogens is 2. The number of aromatic nitrogens is 1. The molecular formula is C14H14FIN2O. The van der Waals surface area contributed by atoms with Crippen molar-refractivity contribution in [2.45, 2.75) is 13.5 Å². The Hall–Kier alpha value is -1.50. The minimum absolute atomic E-state index is 0. The first-order valence-electron chi connectivity index (χ1n) is 5.75. The van der Waals surface area contributed by atoms with Crippen LogP contribution in [0.1, 0.15) is 17.3 Å². The zero-order chi connectivity index (χ0) is 13.0. The van der Waals surface area contributed by atoms with Crippen LogP contribution in [-0.2, 0) is 6.54 Å². The van der Waals surface area contributed by atoms with Crippen LogP contribution in [0.25, 0.3) is 0 Å². The smallest absolute Gasteiger partial charge is 0.255 e. The van der Waals surface area contributed by atoms with E-state index in [0.29, 0.717) is 12.1 Å². The first-order chi connectivity index (χ1) is 8.70. The molecule has 0 aliphatic rings. The maximum Gasteiger partial charge on any atom is 0.255 e. The number of carbonyl (C=O) groups is 1. The number of nitrogens with zero attached hydrogens (tertiary/aromatic N) is 1. The van der Waals surface area contributed by atoms with Crippen LogP contribution in [0, 0.1) is 5.82 Å². The summed E-state index contributed by atoms with van der Waals surface area (Å²) in [7, 11) is 0. The van der Waals surface area contributed by atoms with Gasteiger partial charge in [0.2, 0.25) is 12.0 Å². The fourth-order valence-corrected chi connectivity index (χ4v) is 1.59. The number of aryl methyl sites for hydroxylation is 1. The van der Waals surface area contributed by atoms with Crippen molar-refractivity contribution < 1.29 is 37.7 Å². The van der Waals surface area contributed by atoms with E-state index >= 15 is 0 Å². The molecule has 19 heavy (non-hydrogen) atoms. The van der Waals surface area contributed by atoms with Gasteiger partial charge in [0.15, 0.2) is 6.20 Å². The minimum Gasteiger partial charge on any atom is -1.00 e. The summed E-state index contributed by atoms with van der Waals surface area (Å²) in [5, 5.41) is 2.55. The topological polar surface area (TPSA) is 33.0 Å². The molecule has 0 saturated carbocycles. The van der Waals surface area contributed by atoms with Crippen LogP contribution >= 0.6 is 0 Å². The predicted octanol–water partition coefficient (Wildman–Crippen LogP) is -0.611. The molecule has 1 aromatic heterocycles. The van der Waals surface area contributed by atoms with Crippen LogP contribution in [0.15, 0.2) is 48.8 Å². The Balaban J connectivity index is 0.00000180. The van der Waals surface area contributed by atoms with Crippen molar-refractivity contribution in [3.05, 3.63) is 60.2 Å². The third-order valence-corrected chi connectivity index (χ3v) is 2.62. The van der Waals surface area contributed by atoms with Gasteiger partial charge in [0.25, 0.3) is 5.91 Å². The fourth-order valence-electron chi connectivity index (χ4n) is 1.59. The molecule has 0 atom stereocenters. The van der Waals surface area contributed by atoms with Crippen molar-refractivity contribution in [1.82, 2.24) is 0 Å². The molecule has 1 amide bonds. The third kappa shape index (κ3) is 3.99. The molecule has 0 aliphatic heterocycles. The molecule has 0 saturated heterocycles. The monoisotopic (exact) mass is 372 g/mol. The number of carbonyl (C=O) groups excluding carboxylic acids is 1. The quantitative estimate of drug-likeness (QED) is 0.566. The Bertz CT molecular complexity index is 561. The van der Waals surface area contributed by atoms with Crippen LogP contribution in [0.2, 0.25) is 0 Å².